The normalized spacial score (nSPS) is 21.3. The van der Waals surface area contributed by atoms with Gasteiger partial charge in [0.2, 0.25) is 5.91 Å². The smallest absolute Gasteiger partial charge is 0.236 e. The first kappa shape index (κ1) is 15.4. The van der Waals surface area contributed by atoms with Gasteiger partial charge in [0, 0.05) is 11.3 Å². The zero-order valence-electron chi connectivity index (χ0n) is 11.6. The summed E-state index contributed by atoms with van der Waals surface area (Å²) >= 11 is 3.34. The second-order valence-electron chi connectivity index (χ2n) is 4.91. The molecular weight excluding hydrogens is 290 g/mol. The van der Waals surface area contributed by atoms with Crippen LogP contribution in [0.1, 0.15) is 35.9 Å². The highest BCUT2D eigenvalue weighted by Crippen LogP contribution is 2.37. The molecule has 3 nitrogen and oxygen atoms in total. The molecule has 2 N–H and O–H groups in total. The predicted molar refractivity (Wildman–Crippen MR) is 84.8 cm³/mol. The molecule has 0 bridgehead atoms. The Morgan fingerprint density at radius 3 is 3.10 bits per heavy atom. The Morgan fingerprint density at radius 1 is 1.55 bits per heavy atom. The lowest BCUT2D eigenvalue weighted by Crippen LogP contribution is -2.39. The van der Waals surface area contributed by atoms with E-state index in [1.54, 1.807) is 23.1 Å². The van der Waals surface area contributed by atoms with Crippen molar-refractivity contribution in [3.63, 3.8) is 0 Å². The minimum atomic E-state index is -0.249. The van der Waals surface area contributed by atoms with E-state index in [1.165, 1.54) is 0 Å². The van der Waals surface area contributed by atoms with Crippen LogP contribution in [0.5, 0.6) is 0 Å². The fourth-order valence-electron chi connectivity index (χ4n) is 2.06. The molecule has 1 amide bonds. The number of hydrogen-bond donors (Lipinski definition) is 2. The van der Waals surface area contributed by atoms with Crippen LogP contribution in [-0.2, 0) is 11.3 Å². The summed E-state index contributed by atoms with van der Waals surface area (Å²) in [5.74, 6) is 7.12. The van der Waals surface area contributed by atoms with Crippen molar-refractivity contribution < 1.29 is 9.90 Å². The van der Waals surface area contributed by atoms with Crippen LogP contribution in [0.25, 0.3) is 0 Å². The third kappa shape index (κ3) is 4.02. The Hall–Kier alpha value is -0.960. The molecule has 2 heterocycles. The minimum Gasteiger partial charge on any atom is -0.395 e. The minimum absolute atomic E-state index is 0.0948. The molecule has 1 saturated heterocycles. The lowest BCUT2D eigenvalue weighted by Gasteiger charge is -2.21. The number of hydrogen-bond acceptors (Lipinski definition) is 4. The van der Waals surface area contributed by atoms with Gasteiger partial charge in [-0.2, -0.15) is 0 Å². The van der Waals surface area contributed by atoms with Crippen molar-refractivity contribution in [2.45, 2.75) is 37.5 Å². The van der Waals surface area contributed by atoms with E-state index in [4.69, 9.17) is 5.11 Å². The van der Waals surface area contributed by atoms with Crippen LogP contribution in [0.15, 0.2) is 12.1 Å². The quantitative estimate of drug-likeness (QED) is 0.840. The second kappa shape index (κ2) is 7.16. The molecule has 0 saturated carbocycles. The highest BCUT2D eigenvalue weighted by atomic mass is 32.2. The monoisotopic (exact) mass is 309 g/mol. The average Bonchev–Trinajstić information content (AvgIpc) is 3.06. The van der Waals surface area contributed by atoms with Crippen molar-refractivity contribution in [2.24, 2.45) is 0 Å². The molecule has 108 valence electrons. The highest BCUT2D eigenvalue weighted by molar-refractivity contribution is 8.01. The van der Waals surface area contributed by atoms with E-state index >= 15 is 0 Å². The van der Waals surface area contributed by atoms with Crippen LogP contribution in [0.2, 0.25) is 0 Å². The standard InChI is InChI=1S/C15H19NO2S2/c1-15(8-4-10-19-15)14(18)16-11-13-7-6-12(20-13)5-2-3-9-17/h6-7,17H,3-4,8-11H2,1H3,(H,16,18). The van der Waals surface area contributed by atoms with Crippen molar-refractivity contribution in [1.29, 1.82) is 0 Å². The molecule has 1 aromatic rings. The summed E-state index contributed by atoms with van der Waals surface area (Å²) in [5, 5.41) is 11.7. The molecule has 1 unspecified atom stereocenters. The van der Waals surface area contributed by atoms with E-state index in [0.29, 0.717) is 13.0 Å². The molecular formula is C15H19NO2S2. The first-order chi connectivity index (χ1) is 9.64. The Morgan fingerprint density at radius 2 is 2.40 bits per heavy atom. The Labute approximate surface area is 128 Å². The molecule has 20 heavy (non-hydrogen) atoms. The first-order valence-electron chi connectivity index (χ1n) is 6.75. The van der Waals surface area contributed by atoms with Gasteiger partial charge in [-0.15, -0.1) is 23.1 Å². The van der Waals surface area contributed by atoms with Gasteiger partial charge in [-0.1, -0.05) is 11.8 Å². The van der Waals surface area contributed by atoms with Crippen LogP contribution in [0.4, 0.5) is 0 Å². The lowest BCUT2D eigenvalue weighted by molar-refractivity contribution is -0.123. The van der Waals surface area contributed by atoms with Crippen molar-refractivity contribution in [1.82, 2.24) is 5.32 Å². The van der Waals surface area contributed by atoms with Gasteiger partial charge in [0.25, 0.3) is 0 Å². The van der Waals surface area contributed by atoms with Crippen LogP contribution >= 0.6 is 23.1 Å². The van der Waals surface area contributed by atoms with Gasteiger partial charge >= 0.3 is 0 Å². The molecule has 0 aromatic carbocycles. The van der Waals surface area contributed by atoms with Gasteiger partial charge in [-0.05, 0) is 37.7 Å². The lowest BCUT2D eigenvalue weighted by atomic mass is 10.1. The second-order valence-corrected chi connectivity index (χ2v) is 7.67. The fourth-order valence-corrected chi connectivity index (χ4v) is 4.11. The van der Waals surface area contributed by atoms with Gasteiger partial charge in [0.15, 0.2) is 0 Å². The zero-order chi connectivity index (χ0) is 14.4. The van der Waals surface area contributed by atoms with Gasteiger partial charge in [-0.25, -0.2) is 0 Å². The molecule has 0 spiro atoms. The molecule has 2 rings (SSSR count). The maximum atomic E-state index is 12.2. The summed E-state index contributed by atoms with van der Waals surface area (Å²) in [5.41, 5.74) is 0. The van der Waals surface area contributed by atoms with Crippen LogP contribution in [0.3, 0.4) is 0 Å². The van der Waals surface area contributed by atoms with Crippen molar-refractivity contribution in [3.05, 3.63) is 21.9 Å². The molecule has 0 aliphatic carbocycles. The van der Waals surface area contributed by atoms with Gasteiger partial charge in [0.1, 0.15) is 0 Å². The predicted octanol–water partition coefficient (Wildman–Crippen LogP) is 2.38. The Bertz CT molecular complexity index is 521. The first-order valence-corrected chi connectivity index (χ1v) is 8.55. The fraction of sp³-hybridized carbons (Fsp3) is 0.533. The maximum absolute atomic E-state index is 12.2. The number of carbonyl (C=O) groups excluding carboxylic acids is 1. The Kier molecular flexibility index (Phi) is 5.53. The van der Waals surface area contributed by atoms with Crippen LogP contribution in [-0.4, -0.2) is 28.1 Å². The van der Waals surface area contributed by atoms with Gasteiger partial charge in [0.05, 0.1) is 22.8 Å². The largest absolute Gasteiger partial charge is 0.395 e. The molecule has 1 atom stereocenters. The van der Waals surface area contributed by atoms with Crippen LogP contribution < -0.4 is 5.32 Å². The topological polar surface area (TPSA) is 49.3 Å². The number of carbonyl (C=O) groups is 1. The third-order valence-electron chi connectivity index (χ3n) is 3.23. The van der Waals surface area contributed by atoms with E-state index in [9.17, 15) is 4.79 Å². The molecule has 1 fully saturated rings. The number of nitrogens with one attached hydrogen (secondary N) is 1. The Balaban J connectivity index is 1.85. The summed E-state index contributed by atoms with van der Waals surface area (Å²) in [6, 6.07) is 3.96. The number of amides is 1. The summed E-state index contributed by atoms with van der Waals surface area (Å²) in [7, 11) is 0. The number of rotatable bonds is 4. The highest BCUT2D eigenvalue weighted by Gasteiger charge is 2.36. The van der Waals surface area contributed by atoms with Crippen molar-refractivity contribution >= 4 is 29.0 Å². The summed E-state index contributed by atoms with van der Waals surface area (Å²) < 4.78 is -0.249. The zero-order valence-corrected chi connectivity index (χ0v) is 13.2. The number of thiophene rings is 1. The molecule has 0 radical (unpaired) electrons. The van der Waals surface area contributed by atoms with E-state index in [0.717, 1.165) is 28.3 Å². The van der Waals surface area contributed by atoms with E-state index in [-0.39, 0.29) is 17.3 Å². The molecule has 1 aliphatic rings. The summed E-state index contributed by atoms with van der Waals surface area (Å²) in [6.07, 6.45) is 2.59. The van der Waals surface area contributed by atoms with Crippen molar-refractivity contribution in [2.75, 3.05) is 12.4 Å². The van der Waals surface area contributed by atoms with Gasteiger partial charge in [-0.3, -0.25) is 4.79 Å². The number of aliphatic hydroxyl groups is 1. The SMILES string of the molecule is CC1(C(=O)NCc2ccc(C#CCCO)s2)CCCS1. The number of thioether (sulfide) groups is 1. The number of aliphatic hydroxyl groups excluding tert-OH is 1. The van der Waals surface area contributed by atoms with E-state index < -0.39 is 0 Å². The average molecular weight is 309 g/mol. The van der Waals surface area contributed by atoms with Gasteiger partial charge < -0.3 is 10.4 Å². The van der Waals surface area contributed by atoms with E-state index in [2.05, 4.69) is 17.2 Å². The molecule has 1 aromatic heterocycles. The van der Waals surface area contributed by atoms with Crippen LogP contribution in [0, 0.1) is 11.8 Å². The molecule has 5 heteroatoms. The maximum Gasteiger partial charge on any atom is 0.236 e. The summed E-state index contributed by atoms with van der Waals surface area (Å²) in [6.45, 7) is 2.69. The molecule has 1 aliphatic heterocycles. The third-order valence-corrected chi connectivity index (χ3v) is 5.75. The van der Waals surface area contributed by atoms with E-state index in [1.807, 2.05) is 19.1 Å². The van der Waals surface area contributed by atoms with Crippen molar-refractivity contribution in [3.8, 4) is 11.8 Å². The summed E-state index contributed by atoms with van der Waals surface area (Å²) in [4.78, 5) is 14.3.